The summed E-state index contributed by atoms with van der Waals surface area (Å²) in [6, 6.07) is 8.22. The van der Waals surface area contributed by atoms with Gasteiger partial charge in [0.2, 0.25) is 0 Å². The van der Waals surface area contributed by atoms with Gasteiger partial charge >= 0.3 is 5.97 Å². The molecule has 2 N–H and O–H groups in total. The van der Waals surface area contributed by atoms with Gasteiger partial charge in [0.05, 0.1) is 5.37 Å². The minimum atomic E-state index is -0.756. The lowest BCUT2D eigenvalue weighted by Crippen LogP contribution is -2.33. The Labute approximate surface area is 131 Å². The first-order valence-corrected chi connectivity index (χ1v) is 8.95. The molecule has 4 heteroatoms. The molecule has 0 unspecified atom stereocenters. The summed E-state index contributed by atoms with van der Waals surface area (Å²) >= 11 is 1.67. The van der Waals surface area contributed by atoms with Crippen LogP contribution in [0.25, 0.3) is 0 Å². The number of unbranched alkanes of at least 4 members (excludes halogenated alkanes) is 4. The summed E-state index contributed by atoms with van der Waals surface area (Å²) in [6.07, 6.45) is 7.69. The Bertz CT molecular complexity index is 447. The number of rotatable bonds is 8. The van der Waals surface area contributed by atoms with Crippen LogP contribution in [0.1, 0.15) is 55.5 Å². The Morgan fingerprint density at radius 3 is 2.57 bits per heavy atom. The van der Waals surface area contributed by atoms with Crippen LogP contribution in [-0.2, 0) is 11.2 Å². The highest BCUT2D eigenvalue weighted by Crippen LogP contribution is 2.32. The molecule has 21 heavy (non-hydrogen) atoms. The third-order valence-corrected chi connectivity index (χ3v) is 5.20. The molecule has 2 rings (SSSR count). The van der Waals surface area contributed by atoms with Gasteiger partial charge in [0, 0.05) is 5.75 Å². The lowest BCUT2D eigenvalue weighted by atomic mass is 10.0. The van der Waals surface area contributed by atoms with Crippen molar-refractivity contribution in [2.24, 2.45) is 0 Å². The zero-order valence-corrected chi connectivity index (χ0v) is 13.5. The van der Waals surface area contributed by atoms with E-state index >= 15 is 0 Å². The lowest BCUT2D eigenvalue weighted by molar-refractivity contribution is -0.138. The van der Waals surface area contributed by atoms with Crippen LogP contribution < -0.4 is 5.32 Å². The highest BCUT2D eigenvalue weighted by molar-refractivity contribution is 7.99. The minimum absolute atomic E-state index is 0.115. The van der Waals surface area contributed by atoms with Crippen LogP contribution in [0.3, 0.4) is 0 Å². The predicted octanol–water partition coefficient (Wildman–Crippen LogP) is 3.99. The number of carbonyl (C=O) groups is 1. The van der Waals surface area contributed by atoms with Crippen LogP contribution in [0, 0.1) is 0 Å². The van der Waals surface area contributed by atoms with Crippen LogP contribution in [0.15, 0.2) is 24.3 Å². The second kappa shape index (κ2) is 8.44. The van der Waals surface area contributed by atoms with Crippen molar-refractivity contribution < 1.29 is 9.90 Å². The van der Waals surface area contributed by atoms with E-state index in [0.717, 1.165) is 6.42 Å². The van der Waals surface area contributed by atoms with Gasteiger partial charge in [-0.3, -0.25) is 10.1 Å². The van der Waals surface area contributed by atoms with E-state index < -0.39 is 12.0 Å². The molecule has 1 aliphatic rings. The molecule has 2 atom stereocenters. The van der Waals surface area contributed by atoms with Gasteiger partial charge in [-0.25, -0.2) is 0 Å². The van der Waals surface area contributed by atoms with Crippen molar-refractivity contribution in [3.63, 3.8) is 0 Å². The van der Waals surface area contributed by atoms with Crippen molar-refractivity contribution in [2.75, 3.05) is 5.75 Å². The molecule has 1 heterocycles. The molecule has 0 bridgehead atoms. The van der Waals surface area contributed by atoms with Gasteiger partial charge in [0.25, 0.3) is 0 Å². The van der Waals surface area contributed by atoms with Crippen LogP contribution in [0.2, 0.25) is 0 Å². The molecule has 1 aliphatic heterocycles. The highest BCUT2D eigenvalue weighted by Gasteiger charge is 2.30. The summed E-state index contributed by atoms with van der Waals surface area (Å²) in [7, 11) is 0. The second-order valence-electron chi connectivity index (χ2n) is 5.68. The van der Waals surface area contributed by atoms with Crippen molar-refractivity contribution in [3.8, 4) is 0 Å². The fourth-order valence-electron chi connectivity index (χ4n) is 2.60. The summed E-state index contributed by atoms with van der Waals surface area (Å²) in [6.45, 7) is 2.24. The summed E-state index contributed by atoms with van der Waals surface area (Å²) in [5, 5.41) is 12.3. The number of hydrogen-bond acceptors (Lipinski definition) is 3. The molecule has 0 aromatic heterocycles. The molecule has 1 fully saturated rings. The third-order valence-electron chi connectivity index (χ3n) is 3.93. The average Bonchev–Trinajstić information content (AvgIpc) is 2.98. The molecule has 1 aromatic rings. The zero-order valence-electron chi connectivity index (χ0n) is 12.7. The first-order chi connectivity index (χ1) is 10.2. The summed E-state index contributed by atoms with van der Waals surface area (Å²) in [4.78, 5) is 10.9. The summed E-state index contributed by atoms with van der Waals surface area (Å²) in [5.41, 5.74) is 2.56. The van der Waals surface area contributed by atoms with Crippen molar-refractivity contribution in [1.29, 1.82) is 0 Å². The number of thioether (sulfide) groups is 1. The monoisotopic (exact) mass is 307 g/mol. The Morgan fingerprint density at radius 1 is 1.24 bits per heavy atom. The Morgan fingerprint density at radius 2 is 1.95 bits per heavy atom. The number of carboxylic acids is 1. The molecule has 0 spiro atoms. The first-order valence-electron chi connectivity index (χ1n) is 7.90. The van der Waals surface area contributed by atoms with Crippen LogP contribution in [0.4, 0.5) is 0 Å². The molecule has 0 aliphatic carbocycles. The maximum atomic E-state index is 10.9. The van der Waals surface area contributed by atoms with E-state index in [4.69, 9.17) is 5.11 Å². The maximum absolute atomic E-state index is 10.9. The molecule has 1 saturated heterocycles. The largest absolute Gasteiger partial charge is 0.480 e. The number of carboxylic acid groups (broad SMARTS) is 1. The van der Waals surface area contributed by atoms with Crippen molar-refractivity contribution in [1.82, 2.24) is 5.32 Å². The minimum Gasteiger partial charge on any atom is -0.480 e. The third kappa shape index (κ3) is 5.04. The van der Waals surface area contributed by atoms with Crippen molar-refractivity contribution >= 4 is 17.7 Å². The topological polar surface area (TPSA) is 49.3 Å². The quantitative estimate of drug-likeness (QED) is 0.713. The molecule has 1 aromatic carbocycles. The SMILES string of the molecule is CCCCCCCc1ccc([C@@H]2N[C@H](C(=O)O)CS2)cc1. The molecule has 3 nitrogen and oxygen atoms in total. The van der Waals surface area contributed by atoms with E-state index in [2.05, 4.69) is 36.5 Å². The fraction of sp³-hybridized carbons (Fsp3) is 0.588. The van der Waals surface area contributed by atoms with Crippen molar-refractivity contribution in [2.45, 2.75) is 56.9 Å². The van der Waals surface area contributed by atoms with E-state index in [-0.39, 0.29) is 5.37 Å². The van der Waals surface area contributed by atoms with Crippen LogP contribution >= 0.6 is 11.8 Å². The predicted molar refractivity (Wildman–Crippen MR) is 88.7 cm³/mol. The summed E-state index contributed by atoms with van der Waals surface area (Å²) in [5.74, 6) is -0.118. The molecular weight excluding hydrogens is 282 g/mol. The second-order valence-corrected chi connectivity index (χ2v) is 6.81. The number of hydrogen-bond donors (Lipinski definition) is 2. The number of benzene rings is 1. The maximum Gasteiger partial charge on any atom is 0.321 e. The first kappa shape index (κ1) is 16.4. The number of aliphatic carboxylic acids is 1. The average molecular weight is 307 g/mol. The molecule has 0 saturated carbocycles. The van der Waals surface area contributed by atoms with Gasteiger partial charge in [-0.2, -0.15) is 0 Å². The number of aryl methyl sites for hydroxylation is 1. The van der Waals surface area contributed by atoms with E-state index in [1.807, 2.05) is 0 Å². The zero-order chi connectivity index (χ0) is 15.1. The van der Waals surface area contributed by atoms with Gasteiger partial charge in [-0.15, -0.1) is 11.8 Å². The Hall–Kier alpha value is -1.00. The number of nitrogens with one attached hydrogen (secondary N) is 1. The van der Waals surface area contributed by atoms with Gasteiger partial charge < -0.3 is 5.11 Å². The van der Waals surface area contributed by atoms with Gasteiger partial charge in [0.1, 0.15) is 6.04 Å². The normalized spacial score (nSPS) is 21.6. The lowest BCUT2D eigenvalue weighted by Gasteiger charge is -2.12. The molecule has 116 valence electrons. The van der Waals surface area contributed by atoms with Crippen LogP contribution in [0.5, 0.6) is 0 Å². The Balaban J connectivity index is 1.78. The van der Waals surface area contributed by atoms with Crippen molar-refractivity contribution in [3.05, 3.63) is 35.4 Å². The van der Waals surface area contributed by atoms with E-state index in [9.17, 15) is 4.79 Å². The van der Waals surface area contributed by atoms with E-state index in [0.29, 0.717) is 5.75 Å². The van der Waals surface area contributed by atoms with Gasteiger partial charge in [-0.1, -0.05) is 56.9 Å². The standard InChI is InChI=1S/C17H25NO2S/c1-2-3-4-5-6-7-13-8-10-14(11-9-13)16-18-15(12-21-16)17(19)20/h8-11,15-16,18H,2-7,12H2,1H3,(H,19,20)/t15-,16+/m0/s1. The van der Waals surface area contributed by atoms with E-state index in [1.165, 1.54) is 43.2 Å². The van der Waals surface area contributed by atoms with Crippen LogP contribution in [-0.4, -0.2) is 22.9 Å². The summed E-state index contributed by atoms with van der Waals surface area (Å²) < 4.78 is 0. The Kier molecular flexibility index (Phi) is 6.58. The smallest absolute Gasteiger partial charge is 0.321 e. The van der Waals surface area contributed by atoms with Gasteiger partial charge in [-0.05, 0) is 24.0 Å². The van der Waals surface area contributed by atoms with Gasteiger partial charge in [0.15, 0.2) is 0 Å². The molecule has 0 amide bonds. The fourth-order valence-corrected chi connectivity index (χ4v) is 3.83. The van der Waals surface area contributed by atoms with E-state index in [1.54, 1.807) is 11.8 Å². The molecule has 0 radical (unpaired) electrons. The highest BCUT2D eigenvalue weighted by atomic mass is 32.2. The molecular formula is C17H25NO2S.